The zero-order valence-electron chi connectivity index (χ0n) is 26.3. The molecule has 2 aromatic rings. The van der Waals surface area contributed by atoms with Gasteiger partial charge in [-0.1, -0.05) is 24.6 Å². The summed E-state index contributed by atoms with van der Waals surface area (Å²) in [6.07, 6.45) is 11.4. The third kappa shape index (κ3) is 6.87. The lowest BCUT2D eigenvalue weighted by Gasteiger charge is -2.19. The molecule has 2 amide bonds. The van der Waals surface area contributed by atoms with Crippen molar-refractivity contribution in [3.8, 4) is 28.4 Å². The molecule has 0 spiro atoms. The van der Waals surface area contributed by atoms with Crippen molar-refractivity contribution in [2.75, 3.05) is 39.7 Å². The maximum Gasteiger partial charge on any atom is 0.220 e. The Kier molecular flexibility index (Phi) is 10.1. The van der Waals surface area contributed by atoms with Crippen LogP contribution in [0.2, 0.25) is 0 Å². The van der Waals surface area contributed by atoms with Gasteiger partial charge in [0.2, 0.25) is 23.0 Å². The van der Waals surface area contributed by atoms with Gasteiger partial charge in [-0.25, -0.2) is 0 Å². The van der Waals surface area contributed by atoms with Gasteiger partial charge in [0.1, 0.15) is 0 Å². The summed E-state index contributed by atoms with van der Waals surface area (Å²) in [5, 5.41) is 9.47. The van der Waals surface area contributed by atoms with Crippen molar-refractivity contribution in [3.05, 3.63) is 57.8 Å². The molecule has 0 radical (unpaired) electrons. The highest BCUT2D eigenvalue weighted by Gasteiger charge is 2.35. The van der Waals surface area contributed by atoms with Crippen LogP contribution in [0.25, 0.3) is 11.1 Å². The average Bonchev–Trinajstić information content (AvgIpc) is 3.57. The van der Waals surface area contributed by atoms with Crippen molar-refractivity contribution >= 4 is 17.5 Å². The van der Waals surface area contributed by atoms with Crippen molar-refractivity contribution in [1.82, 2.24) is 10.6 Å². The second kappa shape index (κ2) is 14.2. The molecule has 9 nitrogen and oxygen atoms in total. The summed E-state index contributed by atoms with van der Waals surface area (Å²) in [6.45, 7) is 2.88. The number of methoxy groups -OCH3 is 3. The van der Waals surface area contributed by atoms with Crippen molar-refractivity contribution < 1.29 is 23.8 Å². The maximum absolute atomic E-state index is 13.5. The van der Waals surface area contributed by atoms with Gasteiger partial charge in [0.25, 0.3) is 0 Å². The fourth-order valence-electron chi connectivity index (χ4n) is 7.13. The highest BCUT2D eigenvalue weighted by Crippen LogP contribution is 2.50. The number of unbranched alkanes of at least 4 members (excludes halogenated alkanes) is 2. The summed E-state index contributed by atoms with van der Waals surface area (Å²) in [6, 6.07) is 6.94. The standard InChI is InChI=1S/C35H45N3O6/c1-21(39)38-28-13-11-24-18-31(42-2)34(43-3)35(44-4)33(24)26-12-14-29(30(40)19-27(26)28)36-15-7-5-6-8-32(41)37-20-25-17-22-9-10-23(25)16-22/h9-10,12,14,18-19,22-23,25,28H,5-8,11,13,15-17,20H2,1-4H3,(H,36,40)(H,37,41)(H,38,39)/t22-,23-,25+,28+/m1/s1. The van der Waals surface area contributed by atoms with E-state index in [1.165, 1.54) is 19.8 Å². The molecule has 1 fully saturated rings. The first-order valence-corrected chi connectivity index (χ1v) is 15.8. The highest BCUT2D eigenvalue weighted by molar-refractivity contribution is 5.83. The molecule has 0 saturated heterocycles. The van der Waals surface area contributed by atoms with Gasteiger partial charge in [0.15, 0.2) is 11.5 Å². The zero-order valence-corrected chi connectivity index (χ0v) is 26.3. The molecule has 0 aliphatic heterocycles. The summed E-state index contributed by atoms with van der Waals surface area (Å²) in [5.41, 5.74) is 3.67. The number of hydrogen-bond acceptors (Lipinski definition) is 7. The molecule has 9 heteroatoms. The predicted molar refractivity (Wildman–Crippen MR) is 171 cm³/mol. The maximum atomic E-state index is 13.5. The number of ether oxygens (including phenoxy) is 3. The van der Waals surface area contributed by atoms with Crippen molar-refractivity contribution in [2.45, 2.75) is 64.3 Å². The molecular formula is C35H45N3O6. The number of rotatable bonds is 13. The van der Waals surface area contributed by atoms with Crippen LogP contribution in [-0.4, -0.2) is 46.2 Å². The molecule has 44 heavy (non-hydrogen) atoms. The summed E-state index contributed by atoms with van der Waals surface area (Å²) in [5.74, 6) is 3.48. The Morgan fingerprint density at radius 1 is 0.955 bits per heavy atom. The van der Waals surface area contributed by atoms with Gasteiger partial charge >= 0.3 is 0 Å². The predicted octanol–water partition coefficient (Wildman–Crippen LogP) is 5.16. The summed E-state index contributed by atoms with van der Waals surface area (Å²) < 4.78 is 17.1. The lowest BCUT2D eigenvalue weighted by Crippen LogP contribution is -2.30. The third-order valence-electron chi connectivity index (χ3n) is 9.29. The number of aryl methyl sites for hydroxylation is 1. The van der Waals surface area contributed by atoms with E-state index in [0.29, 0.717) is 60.6 Å². The highest BCUT2D eigenvalue weighted by atomic mass is 16.5. The van der Waals surface area contributed by atoms with Gasteiger partial charge in [-0.3, -0.25) is 14.4 Å². The van der Waals surface area contributed by atoms with Gasteiger partial charge in [0, 0.05) is 32.0 Å². The lowest BCUT2D eigenvalue weighted by atomic mass is 9.93. The van der Waals surface area contributed by atoms with Gasteiger partial charge in [-0.15, -0.1) is 0 Å². The number of allylic oxidation sites excluding steroid dienone is 2. The van der Waals surface area contributed by atoms with Crippen LogP contribution in [-0.2, 0) is 16.0 Å². The van der Waals surface area contributed by atoms with Gasteiger partial charge in [-0.2, -0.15) is 0 Å². The fourth-order valence-corrected chi connectivity index (χ4v) is 7.13. The SMILES string of the molecule is COc1cc2c(c(OC)c1OC)-c1ccc(NCCCCCC(=O)NC[C@@H]3C[C@@H]4C=C[C@@H]3C4)c(=O)cc1[C@@H](NC(C)=O)CC2. The molecule has 2 bridgehead atoms. The number of benzene rings is 1. The normalized spacial score (nSPS) is 21.1. The number of carbonyl (C=O) groups is 2. The number of fused-ring (bicyclic) bond motifs is 5. The van der Waals surface area contributed by atoms with Crippen LogP contribution < -0.4 is 35.6 Å². The van der Waals surface area contributed by atoms with E-state index in [-0.39, 0.29) is 23.3 Å². The van der Waals surface area contributed by atoms with Crippen molar-refractivity contribution in [1.29, 1.82) is 0 Å². The molecule has 0 heterocycles. The molecule has 3 aliphatic rings. The smallest absolute Gasteiger partial charge is 0.220 e. The summed E-state index contributed by atoms with van der Waals surface area (Å²) in [4.78, 5) is 38.0. The third-order valence-corrected chi connectivity index (χ3v) is 9.29. The monoisotopic (exact) mass is 603 g/mol. The number of amides is 2. The van der Waals surface area contributed by atoms with Gasteiger partial charge < -0.3 is 30.2 Å². The quantitative estimate of drug-likeness (QED) is 0.214. The second-order valence-electron chi connectivity index (χ2n) is 12.2. The van der Waals surface area contributed by atoms with Crippen LogP contribution in [0.5, 0.6) is 17.2 Å². The van der Waals surface area contributed by atoms with Gasteiger partial charge in [-0.05, 0) is 91.2 Å². The summed E-state index contributed by atoms with van der Waals surface area (Å²) >= 11 is 0. The Morgan fingerprint density at radius 2 is 1.77 bits per heavy atom. The van der Waals surface area contributed by atoms with Crippen molar-refractivity contribution in [2.24, 2.45) is 17.8 Å². The topological polar surface area (TPSA) is 115 Å². The molecule has 2 aromatic carbocycles. The second-order valence-corrected chi connectivity index (χ2v) is 12.2. The van der Waals surface area contributed by atoms with Crippen LogP contribution in [0, 0.1) is 17.8 Å². The first-order chi connectivity index (χ1) is 21.3. The zero-order chi connectivity index (χ0) is 31.2. The number of anilines is 1. The molecule has 3 N–H and O–H groups in total. The average molecular weight is 604 g/mol. The Bertz CT molecular complexity index is 1470. The largest absolute Gasteiger partial charge is 0.493 e. The van der Waals surface area contributed by atoms with Crippen LogP contribution in [0.4, 0.5) is 5.69 Å². The molecule has 0 unspecified atom stereocenters. The number of carbonyl (C=O) groups excluding carboxylic acids is 2. The number of nitrogens with one attached hydrogen (secondary N) is 3. The molecular weight excluding hydrogens is 558 g/mol. The minimum Gasteiger partial charge on any atom is -0.493 e. The van der Waals surface area contributed by atoms with Crippen LogP contribution in [0.3, 0.4) is 0 Å². The van der Waals surface area contributed by atoms with E-state index in [2.05, 4.69) is 28.1 Å². The van der Waals surface area contributed by atoms with E-state index in [0.717, 1.165) is 54.0 Å². The molecule has 236 valence electrons. The molecule has 5 rings (SSSR count). The Hall–Kier alpha value is -4.01. The number of hydrogen-bond donors (Lipinski definition) is 3. The molecule has 3 aliphatic carbocycles. The Balaban J connectivity index is 1.25. The lowest BCUT2D eigenvalue weighted by molar-refractivity contribution is -0.121. The van der Waals surface area contributed by atoms with E-state index in [9.17, 15) is 14.4 Å². The van der Waals surface area contributed by atoms with E-state index in [1.54, 1.807) is 33.5 Å². The first kappa shape index (κ1) is 31.4. The van der Waals surface area contributed by atoms with Crippen LogP contribution in [0.15, 0.2) is 41.2 Å². The molecule has 4 atom stereocenters. The minimum absolute atomic E-state index is 0.127. The Morgan fingerprint density at radius 3 is 2.45 bits per heavy atom. The van der Waals surface area contributed by atoms with E-state index >= 15 is 0 Å². The van der Waals surface area contributed by atoms with Gasteiger partial charge in [0.05, 0.1) is 33.1 Å². The minimum atomic E-state index is -0.351. The first-order valence-electron chi connectivity index (χ1n) is 15.8. The van der Waals surface area contributed by atoms with Crippen molar-refractivity contribution in [3.63, 3.8) is 0 Å². The van der Waals surface area contributed by atoms with E-state index in [4.69, 9.17) is 14.2 Å². The van der Waals surface area contributed by atoms with E-state index < -0.39 is 0 Å². The van der Waals surface area contributed by atoms with Crippen LogP contribution >= 0.6 is 0 Å². The fraction of sp³-hybridized carbons (Fsp3) is 0.514. The van der Waals surface area contributed by atoms with Crippen LogP contribution in [0.1, 0.15) is 69.0 Å². The Labute approximate surface area is 259 Å². The molecule has 0 aromatic heterocycles. The van der Waals surface area contributed by atoms with E-state index in [1.807, 2.05) is 12.1 Å². The molecule has 1 saturated carbocycles. The summed E-state index contributed by atoms with van der Waals surface area (Å²) in [7, 11) is 4.74.